The van der Waals surface area contributed by atoms with Crippen LogP contribution in [0.4, 0.5) is 5.69 Å². The summed E-state index contributed by atoms with van der Waals surface area (Å²) in [6.07, 6.45) is 13.6. The van der Waals surface area contributed by atoms with Gasteiger partial charge in [0.2, 0.25) is 0 Å². The maximum absolute atomic E-state index is 13.2. The lowest BCUT2D eigenvalue weighted by Gasteiger charge is -2.36. The fraction of sp³-hybridized carbons (Fsp3) is 0.482. The molecule has 2 aliphatic heterocycles. The number of hydrogen-bond acceptors (Lipinski definition) is 12. The Balaban J connectivity index is 1.04. The van der Waals surface area contributed by atoms with Crippen LogP contribution in [0.25, 0.3) is 0 Å². The van der Waals surface area contributed by atoms with Crippen molar-refractivity contribution in [2.45, 2.75) is 133 Å². The van der Waals surface area contributed by atoms with Crippen LogP contribution in [0, 0.1) is 20.8 Å². The number of carbonyl (C=O) groups is 2. The van der Waals surface area contributed by atoms with E-state index in [1.165, 1.54) is 24.3 Å². The Kier molecular flexibility index (Phi) is 18.7. The Morgan fingerprint density at radius 3 is 2.08 bits per heavy atom. The van der Waals surface area contributed by atoms with Crippen molar-refractivity contribution in [1.29, 1.82) is 0 Å². The average Bonchev–Trinajstić information content (AvgIpc) is 3.47. The molecule has 3 aliphatic rings. The number of aliphatic carboxylic acids is 1. The predicted molar refractivity (Wildman–Crippen MR) is 282 cm³/mol. The van der Waals surface area contributed by atoms with Gasteiger partial charge in [-0.2, -0.15) is 16.8 Å². The van der Waals surface area contributed by atoms with Crippen molar-refractivity contribution in [3.8, 4) is 11.5 Å². The number of carbonyl (C=O) groups excluding carboxylic acids is 1. The fourth-order valence-corrected chi connectivity index (χ4v) is 10.8. The molecular weight excluding hydrogens is 989 g/mol. The third kappa shape index (κ3) is 13.6. The Hall–Kier alpha value is -5.56. The minimum Gasteiger partial charge on any atom is -0.507 e. The maximum Gasteiger partial charge on any atom is 0.303 e. The van der Waals surface area contributed by atoms with E-state index in [2.05, 4.69) is 15.9 Å². The van der Waals surface area contributed by atoms with Crippen LogP contribution in [0.5, 0.6) is 11.5 Å². The number of phenolic OH excluding ortho intramolecular Hbond substituents is 1. The topological polar surface area (TPSA) is 236 Å². The number of rotatable bonds is 24. The number of phenols is 1. The molecule has 0 fully saturated rings. The van der Waals surface area contributed by atoms with Crippen LogP contribution >= 0.6 is 0 Å². The number of ether oxygens (including phenoxy) is 4. The van der Waals surface area contributed by atoms with Gasteiger partial charge in [-0.3, -0.25) is 18.7 Å². The SMILES string of the molecule is Cc1c(C)c2c(c(C)c1O)CCC(C)(C(=O)NCCOCCOCCOCCC1=C=C(C=CC=CC=C3N(CCCCCC(=O)O)c4ccc(S(=O)(=O)O)cc4C3(C)C)C(C)(C)c3cc(S(=O)(=O)O)ccc3C1)O2. The van der Waals surface area contributed by atoms with Gasteiger partial charge < -0.3 is 39.4 Å². The number of hydrogen-bond donors (Lipinski definition) is 5. The summed E-state index contributed by atoms with van der Waals surface area (Å²) in [6, 6.07) is 9.21. The maximum atomic E-state index is 13.2. The average molecular weight is 1060 g/mol. The molecule has 1 aliphatic carbocycles. The van der Waals surface area contributed by atoms with Crippen LogP contribution in [0.1, 0.15) is 112 Å². The van der Waals surface area contributed by atoms with Crippen LogP contribution in [0.15, 0.2) is 99.1 Å². The van der Waals surface area contributed by atoms with E-state index in [0.717, 1.165) is 61.5 Å². The van der Waals surface area contributed by atoms with Crippen molar-refractivity contribution >= 4 is 37.8 Å². The van der Waals surface area contributed by atoms with Crippen molar-refractivity contribution in [3.05, 3.63) is 128 Å². The number of anilines is 1. The molecule has 6 rings (SSSR count). The first-order chi connectivity index (χ1) is 34.8. The highest BCUT2D eigenvalue weighted by Crippen LogP contribution is 2.49. The molecule has 0 saturated heterocycles. The summed E-state index contributed by atoms with van der Waals surface area (Å²) in [6.45, 7) is 18.2. The molecule has 0 aromatic heterocycles. The number of carboxylic acid groups (broad SMARTS) is 1. The normalized spacial score (nSPS) is 18.7. The standard InChI is InChI=1S/C56H72N2O14S2/c1-37-38(2)52-45(39(3)51(37)61)22-24-56(8,72-52)53(62)57-25-28-70-30-32-71-31-29-69-27-23-40-33-41-18-19-43(73(63,64)65)35-46(41)54(4,5)42(34-40)15-11-9-12-16-49-55(6,7)47-36-44(74(66,67)68)20-21-48(47)58(49)26-14-10-13-17-50(59)60/h9,11-12,15-16,18-21,35-36,61H,10,13-14,17,22-33H2,1-8H3,(H,57,62)(H,59,60)(H,63,64,65)(H,66,67,68). The summed E-state index contributed by atoms with van der Waals surface area (Å²) in [5.74, 6) is -0.130. The number of aromatic hydroxyl groups is 1. The van der Waals surface area contributed by atoms with E-state index in [1.54, 1.807) is 19.1 Å². The Labute approximate surface area is 436 Å². The van der Waals surface area contributed by atoms with E-state index in [4.69, 9.17) is 24.1 Å². The quantitative estimate of drug-likeness (QED) is 0.0244. The number of nitrogens with one attached hydrogen (secondary N) is 1. The minimum atomic E-state index is -4.48. The summed E-state index contributed by atoms with van der Waals surface area (Å²) < 4.78 is 92.2. The van der Waals surface area contributed by atoms with Crippen molar-refractivity contribution in [2.24, 2.45) is 0 Å². The molecule has 0 radical (unpaired) electrons. The zero-order chi connectivity index (χ0) is 54.2. The van der Waals surface area contributed by atoms with Gasteiger partial charge in [-0.25, -0.2) is 0 Å². The zero-order valence-electron chi connectivity index (χ0n) is 43.8. The van der Waals surface area contributed by atoms with E-state index in [9.17, 15) is 40.6 Å². The van der Waals surface area contributed by atoms with Crippen LogP contribution in [-0.2, 0) is 67.7 Å². The monoisotopic (exact) mass is 1060 g/mol. The largest absolute Gasteiger partial charge is 0.507 e. The molecule has 1 atom stereocenters. The molecular formula is C56H72N2O14S2. The molecule has 0 spiro atoms. The van der Waals surface area contributed by atoms with Crippen molar-refractivity contribution in [2.75, 3.05) is 57.6 Å². The molecule has 0 saturated carbocycles. The van der Waals surface area contributed by atoms with E-state index in [0.29, 0.717) is 103 Å². The molecule has 1 amide bonds. The number of fused-ring (bicyclic) bond motifs is 3. The molecule has 16 nitrogen and oxygen atoms in total. The summed E-state index contributed by atoms with van der Waals surface area (Å²) in [5.41, 5.74) is 10.2. The number of carboxylic acids is 1. The third-order valence-corrected chi connectivity index (χ3v) is 16.1. The molecule has 74 heavy (non-hydrogen) atoms. The van der Waals surface area contributed by atoms with Crippen molar-refractivity contribution < 1.29 is 64.7 Å². The van der Waals surface area contributed by atoms with Crippen molar-refractivity contribution in [1.82, 2.24) is 5.32 Å². The molecule has 3 aromatic carbocycles. The number of amides is 1. The minimum absolute atomic E-state index is 0.0752. The van der Waals surface area contributed by atoms with E-state index < -0.39 is 42.6 Å². The van der Waals surface area contributed by atoms with Gasteiger partial charge in [0.1, 0.15) is 11.5 Å². The van der Waals surface area contributed by atoms with Crippen LogP contribution in [0.2, 0.25) is 0 Å². The van der Waals surface area contributed by atoms with Gasteiger partial charge in [0, 0.05) is 65.7 Å². The smallest absolute Gasteiger partial charge is 0.303 e. The second kappa shape index (κ2) is 24.0. The van der Waals surface area contributed by atoms with E-state index >= 15 is 0 Å². The molecule has 402 valence electrons. The van der Waals surface area contributed by atoms with Crippen LogP contribution in [0.3, 0.4) is 0 Å². The Morgan fingerprint density at radius 2 is 1.42 bits per heavy atom. The Bertz CT molecular complexity index is 3000. The number of nitrogens with zero attached hydrogens (tertiary/aromatic N) is 1. The molecule has 0 bridgehead atoms. The Morgan fingerprint density at radius 1 is 0.784 bits per heavy atom. The highest BCUT2D eigenvalue weighted by molar-refractivity contribution is 7.86. The lowest BCUT2D eigenvalue weighted by atomic mass is 9.76. The highest BCUT2D eigenvalue weighted by Gasteiger charge is 2.42. The van der Waals surface area contributed by atoms with Crippen molar-refractivity contribution in [3.63, 3.8) is 0 Å². The lowest BCUT2D eigenvalue weighted by molar-refractivity contribution is -0.137. The van der Waals surface area contributed by atoms with E-state index in [1.807, 2.05) is 78.8 Å². The second-order valence-electron chi connectivity index (χ2n) is 20.4. The van der Waals surface area contributed by atoms with Gasteiger partial charge >= 0.3 is 5.97 Å². The number of allylic oxidation sites excluding steroid dienone is 6. The summed E-state index contributed by atoms with van der Waals surface area (Å²) >= 11 is 0. The fourth-order valence-electron chi connectivity index (χ4n) is 9.83. The molecule has 1 unspecified atom stereocenters. The first-order valence-corrected chi connectivity index (χ1v) is 27.9. The first kappa shape index (κ1) is 57.7. The zero-order valence-corrected chi connectivity index (χ0v) is 45.4. The second-order valence-corrected chi connectivity index (χ2v) is 23.2. The van der Waals surface area contributed by atoms with E-state index in [-0.39, 0.29) is 27.9 Å². The first-order valence-electron chi connectivity index (χ1n) is 25.1. The van der Waals surface area contributed by atoms with Crippen LogP contribution < -0.4 is 15.0 Å². The molecule has 5 N–H and O–H groups in total. The predicted octanol–water partition coefficient (Wildman–Crippen LogP) is 8.88. The van der Waals surface area contributed by atoms with Gasteiger partial charge in [-0.15, -0.1) is 5.73 Å². The number of benzene rings is 3. The summed E-state index contributed by atoms with van der Waals surface area (Å²) in [7, 11) is -8.93. The molecule has 2 heterocycles. The van der Waals surface area contributed by atoms with Gasteiger partial charge in [0.25, 0.3) is 26.1 Å². The third-order valence-electron chi connectivity index (χ3n) is 14.4. The van der Waals surface area contributed by atoms with Gasteiger partial charge in [-0.05, 0) is 129 Å². The summed E-state index contributed by atoms with van der Waals surface area (Å²) in [4.78, 5) is 26.0. The number of unbranched alkanes of at least 4 members (excludes halogenated alkanes) is 2. The molecule has 18 heteroatoms. The van der Waals surface area contributed by atoms with Crippen LogP contribution in [-0.4, -0.2) is 106 Å². The highest BCUT2D eigenvalue weighted by atomic mass is 32.2. The summed E-state index contributed by atoms with van der Waals surface area (Å²) in [5, 5.41) is 22.5. The van der Waals surface area contributed by atoms with Gasteiger partial charge in [-0.1, -0.05) is 64.5 Å². The van der Waals surface area contributed by atoms with Gasteiger partial charge in [0.15, 0.2) is 5.60 Å². The molecule has 3 aromatic rings. The lowest BCUT2D eigenvalue weighted by Crippen LogP contribution is -2.51. The van der Waals surface area contributed by atoms with Gasteiger partial charge in [0.05, 0.1) is 49.4 Å².